The minimum atomic E-state index is 0.714. The van der Waals surface area contributed by atoms with Gasteiger partial charge in [-0.3, -0.25) is 4.98 Å². The van der Waals surface area contributed by atoms with Crippen LogP contribution in [0, 0.1) is 6.92 Å². The van der Waals surface area contributed by atoms with Crippen LogP contribution in [-0.2, 0) is 6.42 Å². The molecule has 1 aliphatic rings. The van der Waals surface area contributed by atoms with Crippen LogP contribution in [0.1, 0.15) is 11.3 Å². The number of hydrogen-bond acceptors (Lipinski definition) is 2. The van der Waals surface area contributed by atoms with E-state index in [2.05, 4.69) is 4.98 Å². The highest BCUT2D eigenvalue weighted by Crippen LogP contribution is 2.33. The third kappa shape index (κ3) is 0.979. The quantitative estimate of drug-likeness (QED) is 0.593. The van der Waals surface area contributed by atoms with Crippen molar-refractivity contribution in [1.82, 2.24) is 4.98 Å². The Bertz CT molecular complexity index is 298. The van der Waals surface area contributed by atoms with E-state index < -0.39 is 0 Å². The SMILES string of the molecule is Cc1cnc2c(c1Cl)OCC2. The molecule has 0 atom stereocenters. The van der Waals surface area contributed by atoms with Crippen LogP contribution < -0.4 is 4.74 Å². The van der Waals surface area contributed by atoms with Crippen LogP contribution in [0.3, 0.4) is 0 Å². The number of pyridine rings is 1. The van der Waals surface area contributed by atoms with Gasteiger partial charge in [0.25, 0.3) is 0 Å². The standard InChI is InChI=1S/C8H8ClNO/c1-5-4-10-6-2-3-11-8(6)7(5)9/h4H,2-3H2,1H3. The molecule has 0 N–H and O–H groups in total. The first-order chi connectivity index (χ1) is 5.29. The van der Waals surface area contributed by atoms with E-state index in [9.17, 15) is 0 Å². The van der Waals surface area contributed by atoms with E-state index in [1.165, 1.54) is 0 Å². The monoisotopic (exact) mass is 169 g/mol. The number of aromatic nitrogens is 1. The zero-order chi connectivity index (χ0) is 7.84. The lowest BCUT2D eigenvalue weighted by Crippen LogP contribution is -1.87. The maximum Gasteiger partial charge on any atom is 0.159 e. The Kier molecular flexibility index (Phi) is 1.50. The van der Waals surface area contributed by atoms with Gasteiger partial charge in [-0.1, -0.05) is 11.6 Å². The van der Waals surface area contributed by atoms with Gasteiger partial charge in [0.2, 0.25) is 0 Å². The van der Waals surface area contributed by atoms with Gasteiger partial charge in [-0.25, -0.2) is 0 Å². The Morgan fingerprint density at radius 1 is 1.64 bits per heavy atom. The highest BCUT2D eigenvalue weighted by Gasteiger charge is 2.17. The Balaban J connectivity index is 2.62. The topological polar surface area (TPSA) is 22.1 Å². The summed E-state index contributed by atoms with van der Waals surface area (Å²) in [5.74, 6) is 0.784. The molecule has 0 spiro atoms. The van der Waals surface area contributed by atoms with E-state index in [1.807, 2.05) is 6.92 Å². The molecule has 0 radical (unpaired) electrons. The zero-order valence-corrected chi connectivity index (χ0v) is 6.98. The molecule has 0 bridgehead atoms. The van der Waals surface area contributed by atoms with Crippen LogP contribution in [0.2, 0.25) is 5.02 Å². The van der Waals surface area contributed by atoms with Crippen LogP contribution in [0.5, 0.6) is 5.75 Å². The van der Waals surface area contributed by atoms with Gasteiger partial charge in [0, 0.05) is 12.6 Å². The zero-order valence-electron chi connectivity index (χ0n) is 6.22. The first kappa shape index (κ1) is 6.92. The van der Waals surface area contributed by atoms with Gasteiger partial charge in [0.05, 0.1) is 17.3 Å². The second kappa shape index (κ2) is 2.38. The summed E-state index contributed by atoms with van der Waals surface area (Å²) in [6, 6.07) is 0. The number of ether oxygens (including phenoxy) is 1. The lowest BCUT2D eigenvalue weighted by Gasteiger charge is -2.02. The van der Waals surface area contributed by atoms with Gasteiger partial charge in [-0.2, -0.15) is 0 Å². The molecule has 0 saturated carbocycles. The molecule has 1 aliphatic heterocycles. The van der Waals surface area contributed by atoms with Gasteiger partial charge in [0.15, 0.2) is 5.75 Å². The molecule has 1 aromatic rings. The third-order valence-corrected chi connectivity index (χ3v) is 2.28. The first-order valence-electron chi connectivity index (χ1n) is 3.56. The number of rotatable bonds is 0. The van der Waals surface area contributed by atoms with E-state index in [4.69, 9.17) is 16.3 Å². The van der Waals surface area contributed by atoms with Crippen molar-refractivity contribution in [2.45, 2.75) is 13.3 Å². The van der Waals surface area contributed by atoms with Gasteiger partial charge in [0.1, 0.15) is 0 Å². The van der Waals surface area contributed by atoms with Crippen molar-refractivity contribution in [1.29, 1.82) is 0 Å². The fourth-order valence-corrected chi connectivity index (χ4v) is 1.38. The highest BCUT2D eigenvalue weighted by molar-refractivity contribution is 6.32. The molecular formula is C8H8ClNO. The minimum Gasteiger partial charge on any atom is -0.490 e. The summed E-state index contributed by atoms with van der Waals surface area (Å²) in [6.45, 7) is 2.64. The maximum absolute atomic E-state index is 5.97. The summed E-state index contributed by atoms with van der Waals surface area (Å²) in [5.41, 5.74) is 1.97. The van der Waals surface area contributed by atoms with Crippen LogP contribution in [0.15, 0.2) is 6.20 Å². The molecule has 58 valence electrons. The largest absolute Gasteiger partial charge is 0.490 e. The molecule has 2 heterocycles. The average Bonchev–Trinajstić information content (AvgIpc) is 2.45. The van der Waals surface area contributed by atoms with E-state index in [1.54, 1.807) is 6.20 Å². The predicted octanol–water partition coefficient (Wildman–Crippen LogP) is 1.98. The lowest BCUT2D eigenvalue weighted by molar-refractivity contribution is 0.357. The molecule has 2 rings (SSSR count). The Hall–Kier alpha value is -0.760. The van der Waals surface area contributed by atoms with Gasteiger partial charge in [-0.05, 0) is 12.5 Å². The molecule has 0 amide bonds. The molecule has 1 aromatic heterocycles. The lowest BCUT2D eigenvalue weighted by atomic mass is 10.2. The fourth-order valence-electron chi connectivity index (χ4n) is 1.17. The average molecular weight is 170 g/mol. The van der Waals surface area contributed by atoms with Crippen molar-refractivity contribution < 1.29 is 4.74 Å². The number of nitrogens with zero attached hydrogens (tertiary/aromatic N) is 1. The molecule has 11 heavy (non-hydrogen) atoms. The summed E-state index contributed by atoms with van der Waals surface area (Å²) in [5, 5.41) is 0.715. The fraction of sp³-hybridized carbons (Fsp3) is 0.375. The maximum atomic E-state index is 5.97. The Labute approximate surface area is 70.2 Å². The normalized spacial score (nSPS) is 14.4. The van der Waals surface area contributed by atoms with E-state index in [0.717, 1.165) is 23.4 Å². The Morgan fingerprint density at radius 3 is 3.27 bits per heavy atom. The van der Waals surface area contributed by atoms with E-state index >= 15 is 0 Å². The second-order valence-electron chi connectivity index (χ2n) is 2.63. The molecule has 2 nitrogen and oxygen atoms in total. The minimum absolute atomic E-state index is 0.714. The Morgan fingerprint density at radius 2 is 2.45 bits per heavy atom. The van der Waals surface area contributed by atoms with Crippen molar-refractivity contribution in [3.05, 3.63) is 22.5 Å². The number of aryl methyl sites for hydroxylation is 1. The summed E-state index contributed by atoms with van der Waals surface area (Å²) in [4.78, 5) is 4.21. The number of halogens is 1. The van der Waals surface area contributed by atoms with Gasteiger partial charge in [-0.15, -0.1) is 0 Å². The first-order valence-corrected chi connectivity index (χ1v) is 3.93. The third-order valence-electron chi connectivity index (χ3n) is 1.81. The summed E-state index contributed by atoms with van der Waals surface area (Å²) in [7, 11) is 0. The molecular weight excluding hydrogens is 162 g/mol. The number of hydrogen-bond donors (Lipinski definition) is 0. The van der Waals surface area contributed by atoms with E-state index in [-0.39, 0.29) is 0 Å². The van der Waals surface area contributed by atoms with Crippen LogP contribution in [-0.4, -0.2) is 11.6 Å². The van der Waals surface area contributed by atoms with Crippen LogP contribution >= 0.6 is 11.6 Å². The van der Waals surface area contributed by atoms with Crippen molar-refractivity contribution in [2.75, 3.05) is 6.61 Å². The second-order valence-corrected chi connectivity index (χ2v) is 3.01. The highest BCUT2D eigenvalue weighted by atomic mass is 35.5. The predicted molar refractivity (Wildman–Crippen MR) is 43.2 cm³/mol. The van der Waals surface area contributed by atoms with Crippen LogP contribution in [0.25, 0.3) is 0 Å². The van der Waals surface area contributed by atoms with Gasteiger partial charge < -0.3 is 4.74 Å². The van der Waals surface area contributed by atoms with Crippen molar-refractivity contribution in [3.63, 3.8) is 0 Å². The van der Waals surface area contributed by atoms with Crippen molar-refractivity contribution in [3.8, 4) is 5.75 Å². The van der Waals surface area contributed by atoms with E-state index in [0.29, 0.717) is 11.6 Å². The van der Waals surface area contributed by atoms with Crippen molar-refractivity contribution in [2.24, 2.45) is 0 Å². The summed E-state index contributed by atoms with van der Waals surface area (Å²) >= 11 is 5.97. The summed E-state index contributed by atoms with van der Waals surface area (Å²) in [6.07, 6.45) is 2.67. The molecule has 0 unspecified atom stereocenters. The summed E-state index contributed by atoms with van der Waals surface area (Å²) < 4.78 is 5.32. The van der Waals surface area contributed by atoms with Gasteiger partial charge >= 0.3 is 0 Å². The van der Waals surface area contributed by atoms with Crippen molar-refractivity contribution >= 4 is 11.6 Å². The molecule has 0 aliphatic carbocycles. The molecule has 0 saturated heterocycles. The number of fused-ring (bicyclic) bond motifs is 1. The molecule has 0 fully saturated rings. The van der Waals surface area contributed by atoms with Crippen LogP contribution in [0.4, 0.5) is 0 Å². The molecule has 0 aromatic carbocycles. The smallest absolute Gasteiger partial charge is 0.159 e. The molecule has 3 heteroatoms.